The Bertz CT molecular complexity index is 922. The fourth-order valence-electron chi connectivity index (χ4n) is 3.89. The Morgan fingerprint density at radius 3 is 2.38 bits per heavy atom. The highest BCUT2D eigenvalue weighted by molar-refractivity contribution is 7.85. The molecule has 0 bridgehead atoms. The lowest BCUT2D eigenvalue weighted by Crippen LogP contribution is -2.16. The summed E-state index contributed by atoms with van der Waals surface area (Å²) in [4.78, 5) is 13.6. The molecule has 2 aromatic carbocycles. The average molecular weight is 363 g/mol. The number of fused-ring (bicyclic) bond motifs is 1. The van der Waals surface area contributed by atoms with Crippen LogP contribution >= 0.6 is 0 Å². The lowest BCUT2D eigenvalue weighted by Gasteiger charge is -2.22. The molecule has 0 aliphatic heterocycles. The summed E-state index contributed by atoms with van der Waals surface area (Å²) in [6, 6.07) is 13.4. The van der Waals surface area contributed by atoms with Crippen molar-refractivity contribution in [1.82, 2.24) is 0 Å². The molecule has 2 aliphatic rings. The molecular weight excluding hydrogens is 342 g/mol. The van der Waals surface area contributed by atoms with Crippen molar-refractivity contribution in [3.05, 3.63) is 65.2 Å². The smallest absolute Gasteiger partial charge is 0.211 e. The quantitative estimate of drug-likeness (QED) is 0.822. The second-order valence-electron chi connectivity index (χ2n) is 6.97. The van der Waals surface area contributed by atoms with Gasteiger partial charge < -0.3 is 0 Å². The van der Waals surface area contributed by atoms with E-state index in [-0.39, 0.29) is 11.5 Å². The van der Waals surface area contributed by atoms with E-state index in [0.717, 1.165) is 4.90 Å². The van der Waals surface area contributed by atoms with Crippen LogP contribution in [-0.4, -0.2) is 15.7 Å². The molecule has 0 aromatic heterocycles. The van der Waals surface area contributed by atoms with E-state index in [0.29, 0.717) is 21.9 Å². The van der Waals surface area contributed by atoms with Gasteiger partial charge in [-0.25, -0.2) is 4.21 Å². The molecule has 1 fully saturated rings. The first-order valence-corrected chi connectivity index (χ1v) is 10.3. The highest BCUT2D eigenvalue weighted by atomic mass is 32.2. The van der Waals surface area contributed by atoms with Crippen molar-refractivity contribution in [3.63, 3.8) is 0 Å². The van der Waals surface area contributed by atoms with Gasteiger partial charge >= 0.3 is 0 Å². The minimum Gasteiger partial charge on any atom is -0.297 e. The number of hydrogen-bond donors (Lipinski definition) is 1. The molecule has 1 N–H and O–H groups in total. The van der Waals surface area contributed by atoms with E-state index < -0.39 is 10.8 Å². The molecule has 4 heteroatoms. The minimum atomic E-state index is -1.35. The van der Waals surface area contributed by atoms with E-state index in [1.54, 1.807) is 24.3 Å². The third kappa shape index (κ3) is 3.10. The molecule has 1 saturated carbocycles. The highest BCUT2D eigenvalue weighted by Gasteiger charge is 2.23. The van der Waals surface area contributed by atoms with Crippen LogP contribution in [0.15, 0.2) is 58.3 Å². The summed E-state index contributed by atoms with van der Waals surface area (Å²) < 4.78 is 13.1. The zero-order chi connectivity index (χ0) is 18.1. The van der Waals surface area contributed by atoms with Crippen molar-refractivity contribution < 1.29 is 9.00 Å². The van der Waals surface area contributed by atoms with Crippen LogP contribution in [0.4, 0.5) is 0 Å². The third-order valence-corrected chi connectivity index (χ3v) is 6.80. The van der Waals surface area contributed by atoms with E-state index in [2.05, 4.69) is 12.1 Å². The number of carbonyl (C=O) groups excluding carboxylic acids is 1. The minimum absolute atomic E-state index is 0.0303. The van der Waals surface area contributed by atoms with Crippen molar-refractivity contribution in [2.24, 2.45) is 0 Å². The molecule has 0 amide bonds. The first kappa shape index (κ1) is 17.1. The summed E-state index contributed by atoms with van der Waals surface area (Å²) >= 11 is 0. The summed E-state index contributed by atoms with van der Waals surface area (Å²) in [6.45, 7) is 0. The Kier molecular flexibility index (Phi) is 4.68. The highest BCUT2D eigenvalue weighted by Crippen LogP contribution is 2.33. The van der Waals surface area contributed by atoms with Gasteiger partial charge in [0.2, 0.25) is 5.78 Å². The monoisotopic (exact) mass is 363 g/mol. The maximum Gasteiger partial charge on any atom is 0.211 e. The third-order valence-electron chi connectivity index (χ3n) is 5.34. The van der Waals surface area contributed by atoms with Gasteiger partial charge in [0, 0.05) is 16.0 Å². The summed E-state index contributed by atoms with van der Waals surface area (Å²) in [5.41, 5.74) is 2.44. The molecule has 0 radical (unpaired) electrons. The van der Waals surface area contributed by atoms with E-state index in [1.807, 2.05) is 12.1 Å². The number of carbonyl (C=O) groups is 1. The molecule has 3 nitrogen and oxygen atoms in total. The van der Waals surface area contributed by atoms with E-state index >= 15 is 0 Å². The molecule has 26 heavy (non-hydrogen) atoms. The number of nitrogens with one attached hydrogen (secondary N) is 1. The predicted molar refractivity (Wildman–Crippen MR) is 104 cm³/mol. The Balaban J connectivity index is 1.64. The van der Waals surface area contributed by atoms with Gasteiger partial charge in [-0.2, -0.15) is 0 Å². The second kappa shape index (κ2) is 7.12. The molecule has 1 unspecified atom stereocenters. The zero-order valence-electron chi connectivity index (χ0n) is 14.5. The van der Waals surface area contributed by atoms with Gasteiger partial charge in [-0.1, -0.05) is 49.6 Å². The van der Waals surface area contributed by atoms with Crippen molar-refractivity contribution in [3.8, 4) is 0 Å². The zero-order valence-corrected chi connectivity index (χ0v) is 15.4. The number of ketones is 1. The van der Waals surface area contributed by atoms with Crippen LogP contribution in [0.5, 0.6) is 0 Å². The van der Waals surface area contributed by atoms with Gasteiger partial charge in [0.25, 0.3) is 0 Å². The summed E-state index contributed by atoms with van der Waals surface area (Å²) in [5, 5.41) is 7.68. The number of hydrogen-bond acceptors (Lipinski definition) is 3. The van der Waals surface area contributed by atoms with Crippen molar-refractivity contribution in [1.29, 1.82) is 5.41 Å². The first-order chi connectivity index (χ1) is 12.6. The molecule has 1 atom stereocenters. The van der Waals surface area contributed by atoms with E-state index in [9.17, 15) is 9.00 Å². The van der Waals surface area contributed by atoms with Crippen molar-refractivity contribution in [2.75, 3.05) is 0 Å². The maximum atomic E-state index is 13.1. The van der Waals surface area contributed by atoms with E-state index in [1.165, 1.54) is 43.7 Å². The molecule has 0 saturated heterocycles. The standard InChI is InChI=1S/C22H21NO2S/c23-20-14-13-18-19(22(20)24)7-4-8-21(18)26(25)17-11-9-16(10-12-17)15-5-2-1-3-6-15/h4,7-15,23H,1-3,5-6H2. The van der Waals surface area contributed by atoms with Crippen molar-refractivity contribution in [2.45, 2.75) is 47.8 Å². The SMILES string of the molecule is N=C1C=Cc2c(cccc2S(=O)c2ccc(C3CCCCC3)cc2)C1=O. The van der Waals surface area contributed by atoms with Crippen LogP contribution in [-0.2, 0) is 10.8 Å². The van der Waals surface area contributed by atoms with Gasteiger partial charge in [-0.05, 0) is 48.6 Å². The number of rotatable bonds is 3. The number of benzene rings is 2. The van der Waals surface area contributed by atoms with E-state index in [4.69, 9.17) is 5.41 Å². The summed E-state index contributed by atoms with van der Waals surface area (Å²) in [5.74, 6) is 0.316. The van der Waals surface area contributed by atoms with Crippen LogP contribution in [0.25, 0.3) is 6.08 Å². The van der Waals surface area contributed by atoms with Crippen LogP contribution in [0.2, 0.25) is 0 Å². The Morgan fingerprint density at radius 2 is 1.65 bits per heavy atom. The van der Waals surface area contributed by atoms with Gasteiger partial charge in [-0.15, -0.1) is 0 Å². The van der Waals surface area contributed by atoms with Gasteiger partial charge in [0.05, 0.1) is 15.7 Å². The second-order valence-corrected chi connectivity index (χ2v) is 8.41. The molecule has 4 rings (SSSR count). The van der Waals surface area contributed by atoms with Gasteiger partial charge in [0.15, 0.2) is 0 Å². The summed E-state index contributed by atoms with van der Waals surface area (Å²) in [7, 11) is -1.35. The fourth-order valence-corrected chi connectivity index (χ4v) is 5.11. The fraction of sp³-hybridized carbons (Fsp3) is 0.273. The number of allylic oxidation sites excluding steroid dienone is 1. The summed E-state index contributed by atoms with van der Waals surface area (Å²) in [6.07, 6.45) is 9.62. The normalized spacial score (nSPS) is 18.6. The van der Waals surface area contributed by atoms with Gasteiger partial charge in [-0.3, -0.25) is 10.2 Å². The molecule has 2 aromatic rings. The van der Waals surface area contributed by atoms with Crippen LogP contribution in [0.1, 0.15) is 59.5 Å². The lowest BCUT2D eigenvalue weighted by atomic mass is 9.84. The Morgan fingerprint density at radius 1 is 0.923 bits per heavy atom. The number of Topliss-reactive ketones (excluding diaryl/α,β-unsaturated/α-hetero) is 1. The first-order valence-electron chi connectivity index (χ1n) is 9.11. The molecule has 0 spiro atoms. The Hall–Kier alpha value is -2.33. The Labute approximate surface area is 156 Å². The maximum absolute atomic E-state index is 13.1. The lowest BCUT2D eigenvalue weighted by molar-refractivity contribution is 0.106. The predicted octanol–water partition coefficient (Wildman–Crippen LogP) is 5.13. The average Bonchev–Trinajstić information content (AvgIpc) is 2.71. The van der Waals surface area contributed by atoms with Crippen LogP contribution in [0.3, 0.4) is 0 Å². The molecular formula is C22H21NO2S. The van der Waals surface area contributed by atoms with Crippen LogP contribution < -0.4 is 0 Å². The molecule has 132 valence electrons. The van der Waals surface area contributed by atoms with Gasteiger partial charge in [0.1, 0.15) is 5.71 Å². The van der Waals surface area contributed by atoms with Crippen molar-refractivity contribution >= 4 is 28.4 Å². The molecule has 2 aliphatic carbocycles. The largest absolute Gasteiger partial charge is 0.297 e. The van der Waals surface area contributed by atoms with Crippen LogP contribution in [0, 0.1) is 5.41 Å². The topological polar surface area (TPSA) is 58.0 Å². The molecule has 0 heterocycles.